The fourth-order valence-electron chi connectivity index (χ4n) is 4.18. The Morgan fingerprint density at radius 2 is 1.77 bits per heavy atom. The van der Waals surface area contributed by atoms with Crippen molar-refractivity contribution in [3.63, 3.8) is 0 Å². The van der Waals surface area contributed by atoms with Gasteiger partial charge in [-0.2, -0.15) is 10.6 Å². The minimum atomic E-state index is -2.54. The summed E-state index contributed by atoms with van der Waals surface area (Å²) in [7, 11) is -1.16. The van der Waals surface area contributed by atoms with Crippen molar-refractivity contribution >= 4 is 16.6 Å². The van der Waals surface area contributed by atoms with Gasteiger partial charge < -0.3 is 14.6 Å². The molecule has 1 aliphatic carbocycles. The van der Waals surface area contributed by atoms with Crippen LogP contribution in [0.3, 0.4) is 0 Å². The summed E-state index contributed by atoms with van der Waals surface area (Å²) in [6.45, 7) is 0.129. The van der Waals surface area contributed by atoms with E-state index < -0.39 is 16.2 Å². The fourth-order valence-corrected chi connectivity index (χ4v) is 5.80. The normalized spacial score (nSPS) is 20.3. The summed E-state index contributed by atoms with van der Waals surface area (Å²) in [5, 5.41) is 10.7. The molecule has 1 fully saturated rings. The highest BCUT2D eigenvalue weighted by atomic mass is 32.3. The number of fused-ring (bicyclic) bond motifs is 3. The summed E-state index contributed by atoms with van der Waals surface area (Å²) in [6.07, 6.45) is 3.49. The zero-order valence-electron chi connectivity index (χ0n) is 17.1. The van der Waals surface area contributed by atoms with Crippen LogP contribution in [0.15, 0.2) is 36.4 Å². The molecule has 0 aromatic heterocycles. The van der Waals surface area contributed by atoms with E-state index in [1.807, 2.05) is 36.4 Å². The number of ether oxygens (including phenoxy) is 2. The van der Waals surface area contributed by atoms with Crippen LogP contribution >= 0.6 is 10.6 Å². The lowest BCUT2D eigenvalue weighted by Crippen LogP contribution is -2.42. The molecule has 0 atom stereocenters. The van der Waals surface area contributed by atoms with Crippen LogP contribution in [0.2, 0.25) is 0 Å². The first-order valence-corrected chi connectivity index (χ1v) is 12.1. The molecule has 0 bridgehead atoms. The van der Waals surface area contributed by atoms with Crippen LogP contribution < -0.4 is 4.74 Å². The molecule has 2 aromatic carbocycles. The molecule has 30 heavy (non-hydrogen) atoms. The number of carbonyl (C=O) groups is 1. The standard InChI is InChI=1S/C23H28O6S/c1-28-22(24)18-6-5-16-3-2-4-17-13-19(7-8-20(17)21(16)14-18)29-15-23(25)9-11-30(26,27)12-10-23/h5-8,13-14,25-27H,2-4,9-12,15H2,1H3. The van der Waals surface area contributed by atoms with E-state index in [0.29, 0.717) is 24.2 Å². The number of hydrogen-bond donors (Lipinski definition) is 3. The first kappa shape index (κ1) is 21.2. The SMILES string of the molecule is COC(=O)c1ccc2c(c1)-c1ccc(OCC3(O)CCS(O)(O)CC3)cc1CCC2. The van der Waals surface area contributed by atoms with Gasteiger partial charge in [0.05, 0.1) is 12.7 Å². The van der Waals surface area contributed by atoms with Crippen LogP contribution in [0.25, 0.3) is 11.1 Å². The Morgan fingerprint density at radius 1 is 1.03 bits per heavy atom. The van der Waals surface area contributed by atoms with Gasteiger partial charge in [0, 0.05) is 11.5 Å². The van der Waals surface area contributed by atoms with Gasteiger partial charge in [-0.05, 0) is 78.6 Å². The Labute approximate surface area is 178 Å². The van der Waals surface area contributed by atoms with Crippen molar-refractivity contribution in [2.45, 2.75) is 37.7 Å². The average molecular weight is 433 g/mol. The molecule has 162 valence electrons. The molecule has 7 heteroatoms. The molecular formula is C23H28O6S. The van der Waals surface area contributed by atoms with Crippen molar-refractivity contribution in [1.29, 1.82) is 0 Å². The van der Waals surface area contributed by atoms with Crippen LogP contribution in [0.4, 0.5) is 0 Å². The molecule has 1 saturated heterocycles. The molecule has 1 heterocycles. The van der Waals surface area contributed by atoms with Gasteiger partial charge in [0.2, 0.25) is 0 Å². The van der Waals surface area contributed by atoms with Gasteiger partial charge in [-0.1, -0.05) is 12.1 Å². The quantitative estimate of drug-likeness (QED) is 0.624. The van der Waals surface area contributed by atoms with Crippen molar-refractivity contribution in [2.75, 3.05) is 25.2 Å². The Hall–Kier alpha value is -2.06. The zero-order chi connectivity index (χ0) is 21.4. The lowest BCUT2D eigenvalue weighted by atomic mass is 9.94. The number of methoxy groups -OCH3 is 1. The van der Waals surface area contributed by atoms with Gasteiger partial charge in [0.1, 0.15) is 18.0 Å². The van der Waals surface area contributed by atoms with Crippen molar-refractivity contribution in [1.82, 2.24) is 0 Å². The molecule has 2 aliphatic rings. The van der Waals surface area contributed by atoms with Gasteiger partial charge in [-0.3, -0.25) is 9.11 Å². The predicted molar refractivity (Wildman–Crippen MR) is 118 cm³/mol. The fraction of sp³-hybridized carbons (Fsp3) is 0.435. The molecule has 1 aliphatic heterocycles. The second kappa shape index (κ2) is 8.23. The smallest absolute Gasteiger partial charge is 0.337 e. The molecule has 4 rings (SSSR count). The molecule has 0 spiro atoms. The zero-order valence-corrected chi connectivity index (χ0v) is 17.9. The summed E-state index contributed by atoms with van der Waals surface area (Å²) in [5.41, 5.74) is 4.01. The van der Waals surface area contributed by atoms with E-state index in [4.69, 9.17) is 9.47 Å². The van der Waals surface area contributed by atoms with E-state index in [2.05, 4.69) is 0 Å². The third kappa shape index (κ3) is 4.49. The van der Waals surface area contributed by atoms with Crippen LogP contribution in [-0.4, -0.2) is 51.0 Å². The first-order chi connectivity index (χ1) is 14.3. The summed E-state index contributed by atoms with van der Waals surface area (Å²) >= 11 is 0. The van der Waals surface area contributed by atoms with Crippen LogP contribution in [0.1, 0.15) is 40.7 Å². The van der Waals surface area contributed by atoms with Crippen LogP contribution in [0, 0.1) is 0 Å². The second-order valence-corrected chi connectivity index (χ2v) is 10.7. The average Bonchev–Trinajstić information content (AvgIpc) is 2.92. The Kier molecular flexibility index (Phi) is 5.81. The van der Waals surface area contributed by atoms with E-state index in [9.17, 15) is 19.0 Å². The number of benzene rings is 2. The molecule has 0 saturated carbocycles. The van der Waals surface area contributed by atoms with E-state index in [1.165, 1.54) is 12.7 Å². The molecular weight excluding hydrogens is 404 g/mol. The molecule has 0 unspecified atom stereocenters. The van der Waals surface area contributed by atoms with E-state index >= 15 is 0 Å². The maximum absolute atomic E-state index is 12.0. The maximum Gasteiger partial charge on any atom is 0.337 e. The van der Waals surface area contributed by atoms with E-state index in [-0.39, 0.29) is 24.1 Å². The Bertz CT molecular complexity index is 945. The Morgan fingerprint density at radius 3 is 2.50 bits per heavy atom. The number of aliphatic hydroxyl groups is 1. The number of aryl methyl sites for hydroxylation is 2. The topological polar surface area (TPSA) is 96.2 Å². The van der Waals surface area contributed by atoms with Gasteiger partial charge >= 0.3 is 5.97 Å². The molecule has 6 nitrogen and oxygen atoms in total. The lowest BCUT2D eigenvalue weighted by molar-refractivity contribution is -0.0140. The van der Waals surface area contributed by atoms with E-state index in [0.717, 1.165) is 36.0 Å². The number of esters is 1. The van der Waals surface area contributed by atoms with Crippen molar-refractivity contribution in [3.05, 3.63) is 53.1 Å². The van der Waals surface area contributed by atoms with E-state index in [1.54, 1.807) is 0 Å². The largest absolute Gasteiger partial charge is 0.491 e. The summed E-state index contributed by atoms with van der Waals surface area (Å²) in [4.78, 5) is 12.0. The van der Waals surface area contributed by atoms with Gasteiger partial charge in [-0.15, -0.1) is 0 Å². The third-order valence-corrected chi connectivity index (χ3v) is 7.80. The Balaban J connectivity index is 1.54. The van der Waals surface area contributed by atoms with Crippen LogP contribution in [0.5, 0.6) is 5.75 Å². The molecule has 0 amide bonds. The summed E-state index contributed by atoms with van der Waals surface area (Å²) in [6, 6.07) is 11.6. The van der Waals surface area contributed by atoms with Gasteiger partial charge in [0.15, 0.2) is 0 Å². The summed E-state index contributed by atoms with van der Waals surface area (Å²) < 4.78 is 30.3. The minimum Gasteiger partial charge on any atom is -0.491 e. The second-order valence-electron chi connectivity index (χ2n) is 8.26. The first-order valence-electron chi connectivity index (χ1n) is 10.2. The number of hydrogen-bond acceptors (Lipinski definition) is 6. The van der Waals surface area contributed by atoms with Gasteiger partial charge in [-0.25, -0.2) is 4.79 Å². The van der Waals surface area contributed by atoms with Crippen molar-refractivity contribution < 1.29 is 28.5 Å². The van der Waals surface area contributed by atoms with Crippen LogP contribution in [-0.2, 0) is 17.6 Å². The highest BCUT2D eigenvalue weighted by molar-refractivity contribution is 8.24. The lowest BCUT2D eigenvalue weighted by Gasteiger charge is -2.43. The monoisotopic (exact) mass is 432 g/mol. The van der Waals surface area contributed by atoms with Gasteiger partial charge in [0.25, 0.3) is 0 Å². The highest BCUT2D eigenvalue weighted by Crippen LogP contribution is 2.47. The molecule has 0 radical (unpaired) electrons. The van der Waals surface area contributed by atoms with Crippen molar-refractivity contribution in [3.8, 4) is 16.9 Å². The third-order valence-electron chi connectivity index (χ3n) is 6.09. The maximum atomic E-state index is 12.0. The number of carbonyl (C=O) groups excluding carboxylic acids is 1. The molecule has 2 aromatic rings. The minimum absolute atomic E-state index is 0.129. The highest BCUT2D eigenvalue weighted by Gasteiger charge is 2.36. The summed E-state index contributed by atoms with van der Waals surface area (Å²) in [5.74, 6) is 0.778. The van der Waals surface area contributed by atoms with Crippen molar-refractivity contribution in [2.24, 2.45) is 0 Å². The predicted octanol–water partition coefficient (Wildman–Crippen LogP) is 4.28. The number of rotatable bonds is 4. The molecule has 3 N–H and O–H groups in total.